The highest BCUT2D eigenvalue weighted by Crippen LogP contribution is 2.62. The fourth-order valence-electron chi connectivity index (χ4n) is 4.93. The molecule has 104 valence electrons. The normalized spacial score (nSPS) is 55.7. The summed E-state index contributed by atoms with van der Waals surface area (Å²) in [5.41, 5.74) is 0.512. The molecule has 1 N–H and O–H groups in total. The van der Waals surface area contributed by atoms with Gasteiger partial charge in [0.25, 0.3) is 0 Å². The summed E-state index contributed by atoms with van der Waals surface area (Å²) in [6, 6.07) is 0. The van der Waals surface area contributed by atoms with Gasteiger partial charge in [0.1, 0.15) is 6.10 Å². The Kier molecular flexibility index (Phi) is 2.14. The van der Waals surface area contributed by atoms with Crippen molar-refractivity contribution < 1.29 is 19.4 Å². The quantitative estimate of drug-likeness (QED) is 0.408. The molecule has 4 fully saturated rings. The van der Waals surface area contributed by atoms with E-state index in [-0.39, 0.29) is 35.1 Å². The Morgan fingerprint density at radius 2 is 2.11 bits per heavy atom. The van der Waals surface area contributed by atoms with Gasteiger partial charge in [-0.25, -0.2) is 4.79 Å². The number of ether oxygens (including phenoxy) is 2. The van der Waals surface area contributed by atoms with E-state index >= 15 is 0 Å². The number of esters is 1. The Bertz CT molecular complexity index is 467. The summed E-state index contributed by atoms with van der Waals surface area (Å²) < 4.78 is 11.2. The Labute approximate surface area is 112 Å². The monoisotopic (exact) mass is 264 g/mol. The molecule has 4 aliphatic rings. The summed E-state index contributed by atoms with van der Waals surface area (Å²) in [7, 11) is 0. The number of fused-ring (bicyclic) bond motifs is 3. The van der Waals surface area contributed by atoms with Crippen molar-refractivity contribution in [2.45, 2.75) is 50.4 Å². The first-order chi connectivity index (χ1) is 8.93. The number of epoxide rings is 1. The molecule has 2 aliphatic heterocycles. The van der Waals surface area contributed by atoms with Crippen LogP contribution in [0.2, 0.25) is 0 Å². The minimum Gasteiger partial charge on any atom is -0.458 e. The molecule has 4 rings (SSSR count). The predicted molar refractivity (Wildman–Crippen MR) is 67.3 cm³/mol. The highest BCUT2D eigenvalue weighted by Gasteiger charge is 2.65. The van der Waals surface area contributed by atoms with Gasteiger partial charge in [-0.2, -0.15) is 0 Å². The van der Waals surface area contributed by atoms with E-state index in [1.165, 1.54) is 0 Å². The minimum absolute atomic E-state index is 0.0141. The number of rotatable bonds is 0. The Balaban J connectivity index is 1.69. The first kappa shape index (κ1) is 11.9. The Morgan fingerprint density at radius 1 is 1.37 bits per heavy atom. The topological polar surface area (TPSA) is 59.1 Å². The largest absolute Gasteiger partial charge is 0.458 e. The molecule has 0 aromatic carbocycles. The molecule has 2 heterocycles. The molecule has 2 aliphatic carbocycles. The van der Waals surface area contributed by atoms with Gasteiger partial charge in [0.05, 0.1) is 18.3 Å². The van der Waals surface area contributed by atoms with Crippen molar-refractivity contribution in [1.82, 2.24) is 0 Å². The van der Waals surface area contributed by atoms with Crippen LogP contribution in [0, 0.1) is 17.3 Å². The summed E-state index contributed by atoms with van der Waals surface area (Å²) in [6.45, 7) is 6.87. The van der Waals surface area contributed by atoms with E-state index in [1.807, 2.05) is 0 Å². The zero-order valence-electron chi connectivity index (χ0n) is 11.2. The first-order valence-corrected chi connectivity index (χ1v) is 7.15. The lowest BCUT2D eigenvalue weighted by Crippen LogP contribution is -2.53. The lowest BCUT2D eigenvalue weighted by molar-refractivity contribution is -0.146. The highest BCUT2D eigenvalue weighted by molar-refractivity contribution is 5.90. The van der Waals surface area contributed by atoms with Crippen LogP contribution >= 0.6 is 0 Å². The van der Waals surface area contributed by atoms with Crippen LogP contribution < -0.4 is 0 Å². The van der Waals surface area contributed by atoms with E-state index in [0.29, 0.717) is 11.5 Å². The van der Waals surface area contributed by atoms with Crippen LogP contribution in [0.3, 0.4) is 0 Å². The van der Waals surface area contributed by atoms with Crippen LogP contribution in [0.25, 0.3) is 0 Å². The molecule has 2 saturated carbocycles. The molecule has 0 aromatic heterocycles. The van der Waals surface area contributed by atoms with Crippen LogP contribution in [-0.2, 0) is 14.3 Å². The maximum atomic E-state index is 11.7. The van der Waals surface area contributed by atoms with Gasteiger partial charge in [-0.1, -0.05) is 13.5 Å². The van der Waals surface area contributed by atoms with E-state index in [4.69, 9.17) is 9.47 Å². The lowest BCUT2D eigenvalue weighted by atomic mass is 9.53. The third kappa shape index (κ3) is 1.50. The van der Waals surface area contributed by atoms with E-state index < -0.39 is 0 Å². The third-order valence-corrected chi connectivity index (χ3v) is 5.85. The summed E-state index contributed by atoms with van der Waals surface area (Å²) in [5.74, 6) is 0.335. The molecule has 0 bridgehead atoms. The van der Waals surface area contributed by atoms with Crippen molar-refractivity contribution in [2.75, 3.05) is 6.61 Å². The van der Waals surface area contributed by atoms with Gasteiger partial charge in [0.2, 0.25) is 0 Å². The van der Waals surface area contributed by atoms with Crippen molar-refractivity contribution in [3.63, 3.8) is 0 Å². The molecule has 4 nitrogen and oxygen atoms in total. The summed E-state index contributed by atoms with van der Waals surface area (Å²) in [6.07, 6.45) is 2.94. The zero-order chi connectivity index (χ0) is 13.4. The second-order valence-corrected chi connectivity index (χ2v) is 7.14. The van der Waals surface area contributed by atoms with Gasteiger partial charge in [-0.05, 0) is 30.6 Å². The van der Waals surface area contributed by atoms with Gasteiger partial charge in [-0.3, -0.25) is 0 Å². The van der Waals surface area contributed by atoms with Crippen LogP contribution in [0.4, 0.5) is 0 Å². The van der Waals surface area contributed by atoms with Crippen molar-refractivity contribution in [3.05, 3.63) is 12.2 Å². The molecular weight excluding hydrogens is 244 g/mol. The lowest BCUT2D eigenvalue weighted by Gasteiger charge is -2.52. The number of aliphatic hydroxyl groups excluding tert-OH is 1. The second-order valence-electron chi connectivity index (χ2n) is 7.14. The summed E-state index contributed by atoms with van der Waals surface area (Å²) >= 11 is 0. The minimum atomic E-state index is -0.291. The molecule has 6 atom stereocenters. The highest BCUT2D eigenvalue weighted by atomic mass is 16.6. The average Bonchev–Trinajstić information content (AvgIpc) is 3.00. The maximum absolute atomic E-state index is 11.7. The van der Waals surface area contributed by atoms with Crippen molar-refractivity contribution in [3.8, 4) is 0 Å². The van der Waals surface area contributed by atoms with Gasteiger partial charge in [-0.15, -0.1) is 0 Å². The van der Waals surface area contributed by atoms with Gasteiger partial charge in [0.15, 0.2) is 0 Å². The molecule has 1 spiro atoms. The van der Waals surface area contributed by atoms with Crippen molar-refractivity contribution >= 4 is 5.97 Å². The molecule has 0 radical (unpaired) electrons. The smallest absolute Gasteiger partial charge is 0.334 e. The maximum Gasteiger partial charge on any atom is 0.334 e. The van der Waals surface area contributed by atoms with Gasteiger partial charge in [0, 0.05) is 17.9 Å². The number of carbonyl (C=O) groups excluding carboxylic acids is 1. The van der Waals surface area contributed by atoms with Crippen LogP contribution in [0.5, 0.6) is 0 Å². The number of carbonyl (C=O) groups is 1. The van der Waals surface area contributed by atoms with Crippen LogP contribution in [-0.4, -0.2) is 35.5 Å². The predicted octanol–water partition coefficient (Wildman–Crippen LogP) is 1.42. The first-order valence-electron chi connectivity index (χ1n) is 7.15. The molecule has 0 amide bonds. The summed E-state index contributed by atoms with van der Waals surface area (Å²) in [5, 5.41) is 10.1. The van der Waals surface area contributed by atoms with Crippen molar-refractivity contribution in [2.24, 2.45) is 17.3 Å². The molecule has 2 saturated heterocycles. The van der Waals surface area contributed by atoms with Crippen LogP contribution in [0.15, 0.2) is 12.2 Å². The number of hydrogen-bond acceptors (Lipinski definition) is 4. The van der Waals surface area contributed by atoms with E-state index in [2.05, 4.69) is 13.5 Å². The van der Waals surface area contributed by atoms with E-state index in [1.54, 1.807) is 0 Å². The summed E-state index contributed by atoms with van der Waals surface area (Å²) in [4.78, 5) is 11.7. The standard InChI is InChI=1S/C15H20O4/c1-8-10-3-12-14(2,6-11(10)19-13(8)17)4-9(16)5-15(12)7-18-15/h9-12,16H,1,3-7H2,2H3. The van der Waals surface area contributed by atoms with Gasteiger partial charge >= 0.3 is 5.97 Å². The zero-order valence-corrected chi connectivity index (χ0v) is 11.2. The number of hydrogen-bond donors (Lipinski definition) is 1. The molecule has 0 aromatic rings. The average molecular weight is 264 g/mol. The van der Waals surface area contributed by atoms with E-state index in [9.17, 15) is 9.90 Å². The molecular formula is C15H20O4. The molecule has 6 unspecified atom stereocenters. The van der Waals surface area contributed by atoms with Crippen molar-refractivity contribution in [1.29, 1.82) is 0 Å². The Morgan fingerprint density at radius 3 is 2.79 bits per heavy atom. The van der Waals surface area contributed by atoms with Gasteiger partial charge < -0.3 is 14.6 Å². The molecule has 4 heteroatoms. The van der Waals surface area contributed by atoms with E-state index in [0.717, 1.165) is 32.3 Å². The fourth-order valence-corrected chi connectivity index (χ4v) is 4.93. The Hall–Kier alpha value is -0.870. The second kappa shape index (κ2) is 3.41. The number of aliphatic hydroxyl groups is 1. The van der Waals surface area contributed by atoms with Crippen LogP contribution in [0.1, 0.15) is 32.6 Å². The SMILES string of the molecule is C=C1C(=O)OC2CC3(C)CC(O)CC4(CO4)C3CC12. The fraction of sp³-hybridized carbons (Fsp3) is 0.800. The third-order valence-electron chi connectivity index (χ3n) is 5.85. The molecule has 19 heavy (non-hydrogen) atoms.